The van der Waals surface area contributed by atoms with Gasteiger partial charge in [0.2, 0.25) is 0 Å². The van der Waals surface area contributed by atoms with E-state index < -0.39 is 0 Å². The van der Waals surface area contributed by atoms with Crippen molar-refractivity contribution in [1.29, 1.82) is 0 Å². The molecule has 2 heterocycles. The van der Waals surface area contributed by atoms with Crippen LogP contribution in [0.2, 0.25) is 0 Å². The summed E-state index contributed by atoms with van der Waals surface area (Å²) < 4.78 is 0. The number of benzene rings is 2. The van der Waals surface area contributed by atoms with Gasteiger partial charge in [0.1, 0.15) is 0 Å². The molecule has 0 saturated heterocycles. The van der Waals surface area contributed by atoms with E-state index in [-0.39, 0.29) is 6.03 Å². The van der Waals surface area contributed by atoms with Gasteiger partial charge in [0.15, 0.2) is 0 Å². The molecule has 4 rings (SSSR count). The molecule has 1 N–H and O–H groups in total. The summed E-state index contributed by atoms with van der Waals surface area (Å²) in [4.78, 5) is 23.9. The molecule has 0 spiro atoms. The molecule has 28 heavy (non-hydrogen) atoms. The lowest BCUT2D eigenvalue weighted by Crippen LogP contribution is -2.35. The third-order valence-corrected chi connectivity index (χ3v) is 4.70. The minimum Gasteiger partial charge on any atom is -0.320 e. The maximum absolute atomic E-state index is 13.1. The van der Waals surface area contributed by atoms with E-state index in [2.05, 4.69) is 22.2 Å². The quantitative estimate of drug-likeness (QED) is 0.490. The highest BCUT2D eigenvalue weighted by Crippen LogP contribution is 2.29. The van der Waals surface area contributed by atoms with Gasteiger partial charge in [-0.05, 0) is 36.2 Å². The number of amides is 2. The van der Waals surface area contributed by atoms with Crippen LogP contribution in [0, 0.1) is 0 Å². The van der Waals surface area contributed by atoms with E-state index in [1.165, 1.54) is 0 Å². The summed E-state index contributed by atoms with van der Waals surface area (Å²) in [6, 6.07) is 19.6. The van der Waals surface area contributed by atoms with Crippen molar-refractivity contribution in [3.05, 3.63) is 78.6 Å². The maximum atomic E-state index is 13.1. The van der Waals surface area contributed by atoms with Gasteiger partial charge in [-0.25, -0.2) is 4.79 Å². The molecule has 0 radical (unpaired) electrons. The van der Waals surface area contributed by atoms with Gasteiger partial charge in [-0.15, -0.1) is 0 Å². The molecule has 140 valence electrons. The van der Waals surface area contributed by atoms with Crippen LogP contribution in [0.5, 0.6) is 0 Å². The van der Waals surface area contributed by atoms with Crippen LogP contribution in [0.15, 0.2) is 73.1 Å². The van der Waals surface area contributed by atoms with Crippen LogP contribution in [-0.2, 0) is 6.54 Å². The summed E-state index contributed by atoms with van der Waals surface area (Å²) >= 11 is 0. The van der Waals surface area contributed by atoms with E-state index in [9.17, 15) is 4.79 Å². The van der Waals surface area contributed by atoms with E-state index >= 15 is 0 Å². The Balaban J connectivity index is 1.68. The second-order valence-corrected chi connectivity index (χ2v) is 6.74. The van der Waals surface area contributed by atoms with Gasteiger partial charge in [-0.3, -0.25) is 9.97 Å². The Kier molecular flexibility index (Phi) is 5.15. The minimum absolute atomic E-state index is 0.112. The van der Waals surface area contributed by atoms with Crippen LogP contribution in [-0.4, -0.2) is 27.4 Å². The largest absolute Gasteiger partial charge is 0.322 e. The van der Waals surface area contributed by atoms with Crippen molar-refractivity contribution in [2.75, 3.05) is 11.9 Å². The van der Waals surface area contributed by atoms with Gasteiger partial charge in [0.25, 0.3) is 0 Å². The Morgan fingerprint density at radius 2 is 1.71 bits per heavy atom. The Labute approximate surface area is 164 Å². The Bertz CT molecular complexity index is 1110. The number of pyridine rings is 2. The van der Waals surface area contributed by atoms with Gasteiger partial charge in [0, 0.05) is 36.3 Å². The standard InChI is InChI=1S/C23H22N4O/c1-2-14-27(16-17-8-4-3-5-9-17)23(28)26-20-15-18-10-6-12-24-21(18)22-19(20)11-7-13-25-22/h3-13,15H,2,14,16H2,1H3,(H,26,28). The highest BCUT2D eigenvalue weighted by molar-refractivity contribution is 6.11. The van der Waals surface area contributed by atoms with Crippen molar-refractivity contribution in [2.24, 2.45) is 0 Å². The van der Waals surface area contributed by atoms with Gasteiger partial charge in [0.05, 0.1) is 16.7 Å². The molecular weight excluding hydrogens is 348 g/mol. The number of rotatable bonds is 5. The number of fused-ring (bicyclic) bond motifs is 3. The number of carbonyl (C=O) groups is 1. The third kappa shape index (κ3) is 3.64. The lowest BCUT2D eigenvalue weighted by molar-refractivity contribution is 0.209. The SMILES string of the molecule is CCCN(Cc1ccccc1)C(=O)Nc1cc2cccnc2c2ncccc12. The Hall–Kier alpha value is -3.47. The summed E-state index contributed by atoms with van der Waals surface area (Å²) in [7, 11) is 0. The summed E-state index contributed by atoms with van der Waals surface area (Å²) in [6.45, 7) is 3.34. The number of anilines is 1. The lowest BCUT2D eigenvalue weighted by atomic mass is 10.1. The fourth-order valence-electron chi connectivity index (χ4n) is 3.40. The first-order chi connectivity index (χ1) is 13.8. The smallest absolute Gasteiger partial charge is 0.320 e. The van der Waals surface area contributed by atoms with Crippen LogP contribution in [0.1, 0.15) is 18.9 Å². The number of hydrogen-bond acceptors (Lipinski definition) is 3. The zero-order valence-electron chi connectivity index (χ0n) is 15.8. The fourth-order valence-corrected chi connectivity index (χ4v) is 3.40. The molecule has 2 aromatic carbocycles. The first-order valence-electron chi connectivity index (χ1n) is 9.48. The van der Waals surface area contributed by atoms with E-state index in [0.29, 0.717) is 13.1 Å². The van der Waals surface area contributed by atoms with Crippen molar-refractivity contribution in [2.45, 2.75) is 19.9 Å². The molecule has 5 heteroatoms. The van der Waals surface area contributed by atoms with Gasteiger partial charge >= 0.3 is 6.03 Å². The second-order valence-electron chi connectivity index (χ2n) is 6.74. The van der Waals surface area contributed by atoms with Gasteiger partial charge in [-0.1, -0.05) is 43.3 Å². The first kappa shape index (κ1) is 17.9. The highest BCUT2D eigenvalue weighted by Gasteiger charge is 2.16. The first-order valence-corrected chi connectivity index (χ1v) is 9.48. The molecular formula is C23H22N4O. The van der Waals surface area contributed by atoms with Crippen molar-refractivity contribution in [3.63, 3.8) is 0 Å². The number of nitrogens with one attached hydrogen (secondary N) is 1. The molecule has 0 aliphatic rings. The zero-order chi connectivity index (χ0) is 19.3. The number of hydrogen-bond donors (Lipinski definition) is 1. The Morgan fingerprint density at radius 3 is 2.50 bits per heavy atom. The summed E-state index contributed by atoms with van der Waals surface area (Å²) in [5.74, 6) is 0. The van der Waals surface area contributed by atoms with Crippen molar-refractivity contribution in [3.8, 4) is 0 Å². The van der Waals surface area contributed by atoms with Gasteiger partial charge in [-0.2, -0.15) is 0 Å². The zero-order valence-corrected chi connectivity index (χ0v) is 15.8. The van der Waals surface area contributed by atoms with Crippen LogP contribution < -0.4 is 5.32 Å². The summed E-state index contributed by atoms with van der Waals surface area (Å²) in [6.07, 6.45) is 4.41. The van der Waals surface area contributed by atoms with E-state index in [1.807, 2.05) is 65.6 Å². The molecule has 0 aliphatic carbocycles. The average Bonchev–Trinajstić information content (AvgIpc) is 2.74. The van der Waals surface area contributed by atoms with Gasteiger partial charge < -0.3 is 10.2 Å². The lowest BCUT2D eigenvalue weighted by Gasteiger charge is -2.23. The topological polar surface area (TPSA) is 58.1 Å². The molecule has 0 bridgehead atoms. The molecule has 0 atom stereocenters. The second kappa shape index (κ2) is 8.05. The van der Waals surface area contributed by atoms with E-state index in [0.717, 1.165) is 39.5 Å². The maximum Gasteiger partial charge on any atom is 0.322 e. The third-order valence-electron chi connectivity index (χ3n) is 4.70. The molecule has 0 saturated carbocycles. The number of aromatic nitrogens is 2. The molecule has 2 amide bonds. The van der Waals surface area contributed by atoms with E-state index in [4.69, 9.17) is 0 Å². The molecule has 0 unspecified atom stereocenters. The Morgan fingerprint density at radius 1 is 0.964 bits per heavy atom. The molecule has 4 aromatic rings. The average molecular weight is 370 g/mol. The predicted octanol–water partition coefficient (Wildman–Crippen LogP) is 5.23. The normalized spacial score (nSPS) is 10.9. The van der Waals surface area contributed by atoms with Crippen LogP contribution in [0.25, 0.3) is 21.8 Å². The monoisotopic (exact) mass is 370 g/mol. The van der Waals surface area contributed by atoms with Crippen LogP contribution >= 0.6 is 0 Å². The number of urea groups is 1. The predicted molar refractivity (Wildman–Crippen MR) is 113 cm³/mol. The fraction of sp³-hybridized carbons (Fsp3) is 0.174. The van der Waals surface area contributed by atoms with E-state index in [1.54, 1.807) is 12.4 Å². The summed E-state index contributed by atoms with van der Waals surface area (Å²) in [5.41, 5.74) is 3.50. The van der Waals surface area contributed by atoms with Crippen LogP contribution in [0.3, 0.4) is 0 Å². The minimum atomic E-state index is -0.112. The van der Waals surface area contributed by atoms with Crippen LogP contribution in [0.4, 0.5) is 10.5 Å². The summed E-state index contributed by atoms with van der Waals surface area (Å²) in [5, 5.41) is 4.94. The van der Waals surface area contributed by atoms with Crippen molar-refractivity contribution >= 4 is 33.5 Å². The number of nitrogens with zero attached hydrogens (tertiary/aromatic N) is 3. The molecule has 0 fully saturated rings. The number of carbonyl (C=O) groups excluding carboxylic acids is 1. The van der Waals surface area contributed by atoms with Crippen molar-refractivity contribution < 1.29 is 4.79 Å². The highest BCUT2D eigenvalue weighted by atomic mass is 16.2. The molecule has 5 nitrogen and oxygen atoms in total. The molecule has 2 aromatic heterocycles. The molecule has 0 aliphatic heterocycles. The van der Waals surface area contributed by atoms with Crippen molar-refractivity contribution in [1.82, 2.24) is 14.9 Å².